The number of fused-ring (bicyclic) bond motifs is 1. The van der Waals surface area contributed by atoms with Gasteiger partial charge in [0.15, 0.2) is 11.5 Å². The van der Waals surface area contributed by atoms with Gasteiger partial charge in [0.25, 0.3) is 0 Å². The van der Waals surface area contributed by atoms with Crippen LogP contribution in [0.4, 0.5) is 0 Å². The van der Waals surface area contributed by atoms with Crippen molar-refractivity contribution in [1.29, 1.82) is 0 Å². The van der Waals surface area contributed by atoms with Gasteiger partial charge in [0.2, 0.25) is 18.6 Å². The summed E-state index contributed by atoms with van der Waals surface area (Å²) in [5, 5.41) is 12.2. The number of aliphatic hydroxyl groups excluding tert-OH is 1. The number of aliphatic hydroxyl groups is 1. The van der Waals surface area contributed by atoms with Crippen molar-refractivity contribution < 1.29 is 24.2 Å². The number of hydrogen-bond acceptors (Lipinski definition) is 5. The Bertz CT molecular complexity index is 626. The van der Waals surface area contributed by atoms with E-state index in [4.69, 9.17) is 9.47 Å². The van der Waals surface area contributed by atoms with Gasteiger partial charge in [-0.25, -0.2) is 0 Å². The predicted octanol–water partition coefficient (Wildman–Crippen LogP) is 0.837. The molecule has 1 aromatic rings. The summed E-state index contributed by atoms with van der Waals surface area (Å²) in [4.78, 5) is 26.6. The second-order valence-corrected chi connectivity index (χ2v) is 6.41. The fourth-order valence-corrected chi connectivity index (χ4v) is 3.18. The van der Waals surface area contributed by atoms with Crippen LogP contribution in [0.25, 0.3) is 0 Å². The van der Waals surface area contributed by atoms with E-state index in [2.05, 4.69) is 5.32 Å². The number of hydrogen-bond donors (Lipinski definition) is 2. The molecule has 7 heteroatoms. The number of nitrogens with zero attached hydrogens (tertiary/aromatic N) is 1. The molecule has 1 aromatic carbocycles. The van der Waals surface area contributed by atoms with E-state index < -0.39 is 12.6 Å². The SMILES string of the molecule is O=C(Cc1ccc2c(c1)OCO2)NC(CO)C(=O)N1CCCCCC1. The van der Waals surface area contributed by atoms with Crippen LogP contribution in [0.2, 0.25) is 0 Å². The van der Waals surface area contributed by atoms with Crippen molar-refractivity contribution in [3.8, 4) is 11.5 Å². The number of ether oxygens (including phenoxy) is 2. The minimum Gasteiger partial charge on any atom is -0.454 e. The molecule has 2 heterocycles. The summed E-state index contributed by atoms with van der Waals surface area (Å²) >= 11 is 0. The largest absolute Gasteiger partial charge is 0.454 e. The lowest BCUT2D eigenvalue weighted by atomic mass is 10.1. The Morgan fingerprint density at radius 1 is 1.12 bits per heavy atom. The van der Waals surface area contributed by atoms with Gasteiger partial charge in [0.05, 0.1) is 13.0 Å². The van der Waals surface area contributed by atoms with E-state index in [9.17, 15) is 14.7 Å². The van der Waals surface area contributed by atoms with Crippen molar-refractivity contribution in [1.82, 2.24) is 10.2 Å². The van der Waals surface area contributed by atoms with Gasteiger partial charge in [-0.1, -0.05) is 18.9 Å². The van der Waals surface area contributed by atoms with Gasteiger partial charge in [-0.3, -0.25) is 9.59 Å². The van der Waals surface area contributed by atoms with Gasteiger partial charge in [-0.05, 0) is 30.5 Å². The molecule has 0 bridgehead atoms. The number of nitrogens with one attached hydrogen (secondary N) is 1. The molecule has 3 rings (SSSR count). The molecule has 0 aliphatic carbocycles. The van der Waals surface area contributed by atoms with Crippen LogP contribution in [0.15, 0.2) is 18.2 Å². The molecule has 1 fully saturated rings. The fraction of sp³-hybridized carbons (Fsp3) is 0.556. The smallest absolute Gasteiger partial charge is 0.247 e. The first-order valence-electron chi connectivity index (χ1n) is 8.75. The molecule has 2 aliphatic heterocycles. The molecule has 1 atom stereocenters. The minimum atomic E-state index is -0.889. The Kier molecular flexibility index (Phi) is 5.75. The van der Waals surface area contributed by atoms with E-state index in [1.807, 2.05) is 0 Å². The molecule has 0 saturated carbocycles. The van der Waals surface area contributed by atoms with Crippen molar-refractivity contribution in [3.63, 3.8) is 0 Å². The molecule has 2 aliphatic rings. The first-order valence-corrected chi connectivity index (χ1v) is 8.75. The van der Waals surface area contributed by atoms with Crippen LogP contribution in [0.3, 0.4) is 0 Å². The van der Waals surface area contributed by atoms with Gasteiger partial charge in [0, 0.05) is 13.1 Å². The normalized spacial score (nSPS) is 17.7. The number of rotatable bonds is 5. The van der Waals surface area contributed by atoms with Crippen molar-refractivity contribution >= 4 is 11.8 Å². The topological polar surface area (TPSA) is 88.1 Å². The van der Waals surface area contributed by atoms with Crippen molar-refractivity contribution in [2.45, 2.75) is 38.1 Å². The van der Waals surface area contributed by atoms with E-state index in [-0.39, 0.29) is 25.0 Å². The summed E-state index contributed by atoms with van der Waals surface area (Å²) in [5.74, 6) is 0.767. The van der Waals surface area contributed by atoms with Crippen LogP contribution in [0.1, 0.15) is 31.2 Å². The first-order chi connectivity index (χ1) is 12.2. The monoisotopic (exact) mass is 348 g/mol. The zero-order valence-corrected chi connectivity index (χ0v) is 14.2. The highest BCUT2D eigenvalue weighted by Gasteiger charge is 2.26. The first kappa shape index (κ1) is 17.5. The molecule has 1 saturated heterocycles. The Morgan fingerprint density at radius 2 is 1.84 bits per heavy atom. The Hall–Kier alpha value is -2.28. The average Bonchev–Trinajstić information content (AvgIpc) is 2.90. The zero-order valence-electron chi connectivity index (χ0n) is 14.2. The van der Waals surface area contributed by atoms with Crippen LogP contribution >= 0.6 is 0 Å². The number of likely N-dealkylation sites (tertiary alicyclic amines) is 1. The summed E-state index contributed by atoms with van der Waals surface area (Å²) in [6, 6.07) is 4.42. The molecule has 2 N–H and O–H groups in total. The van der Waals surface area contributed by atoms with Gasteiger partial charge in [0.1, 0.15) is 6.04 Å². The van der Waals surface area contributed by atoms with Crippen LogP contribution in [0, 0.1) is 0 Å². The third-order valence-electron chi connectivity index (χ3n) is 4.54. The highest BCUT2D eigenvalue weighted by molar-refractivity contribution is 5.88. The quantitative estimate of drug-likeness (QED) is 0.823. The van der Waals surface area contributed by atoms with E-state index >= 15 is 0 Å². The van der Waals surface area contributed by atoms with Crippen molar-refractivity contribution in [2.75, 3.05) is 26.5 Å². The molecule has 1 unspecified atom stereocenters. The van der Waals surface area contributed by atoms with Gasteiger partial charge in [-0.2, -0.15) is 0 Å². The summed E-state index contributed by atoms with van der Waals surface area (Å²) in [5.41, 5.74) is 0.765. The van der Waals surface area contributed by atoms with Crippen molar-refractivity contribution in [2.24, 2.45) is 0 Å². The molecular formula is C18H24N2O5. The molecule has 0 spiro atoms. The molecule has 136 valence electrons. The number of carbonyl (C=O) groups excluding carboxylic acids is 2. The molecule has 0 radical (unpaired) electrons. The fourth-order valence-electron chi connectivity index (χ4n) is 3.18. The second kappa shape index (κ2) is 8.20. The highest BCUT2D eigenvalue weighted by atomic mass is 16.7. The van der Waals surface area contributed by atoms with Gasteiger partial charge in [-0.15, -0.1) is 0 Å². The van der Waals surface area contributed by atoms with E-state index in [0.29, 0.717) is 24.6 Å². The van der Waals surface area contributed by atoms with E-state index in [1.54, 1.807) is 23.1 Å². The summed E-state index contributed by atoms with van der Waals surface area (Å²) in [6.07, 6.45) is 4.28. The standard InChI is InChI=1S/C18H24N2O5/c21-11-14(18(23)20-7-3-1-2-4-8-20)19-17(22)10-13-5-6-15-16(9-13)25-12-24-15/h5-6,9,14,21H,1-4,7-8,10-12H2,(H,19,22). The van der Waals surface area contributed by atoms with Crippen LogP contribution in [-0.4, -0.2) is 54.4 Å². The van der Waals surface area contributed by atoms with Crippen LogP contribution in [0.5, 0.6) is 11.5 Å². The lowest BCUT2D eigenvalue weighted by Crippen LogP contribution is -2.51. The number of carbonyl (C=O) groups is 2. The average molecular weight is 348 g/mol. The maximum atomic E-state index is 12.5. The predicted molar refractivity (Wildman–Crippen MR) is 90.3 cm³/mol. The molecule has 25 heavy (non-hydrogen) atoms. The summed E-state index contributed by atoms with van der Waals surface area (Å²) in [6.45, 7) is 1.16. The lowest BCUT2D eigenvalue weighted by molar-refractivity contribution is -0.137. The number of amides is 2. The maximum absolute atomic E-state index is 12.5. The third kappa shape index (κ3) is 4.42. The Labute approximate surface area is 146 Å². The summed E-state index contributed by atoms with van der Waals surface area (Å²) < 4.78 is 10.5. The zero-order chi connectivity index (χ0) is 17.6. The molecule has 0 aromatic heterocycles. The third-order valence-corrected chi connectivity index (χ3v) is 4.54. The van der Waals surface area contributed by atoms with Crippen molar-refractivity contribution in [3.05, 3.63) is 23.8 Å². The second-order valence-electron chi connectivity index (χ2n) is 6.41. The molecule has 2 amide bonds. The Morgan fingerprint density at radius 3 is 2.56 bits per heavy atom. The van der Waals surface area contributed by atoms with Crippen LogP contribution < -0.4 is 14.8 Å². The molecular weight excluding hydrogens is 324 g/mol. The maximum Gasteiger partial charge on any atom is 0.247 e. The minimum absolute atomic E-state index is 0.112. The highest BCUT2D eigenvalue weighted by Crippen LogP contribution is 2.32. The van der Waals surface area contributed by atoms with Crippen LogP contribution in [-0.2, 0) is 16.0 Å². The Balaban J connectivity index is 1.57. The lowest BCUT2D eigenvalue weighted by Gasteiger charge is -2.25. The van der Waals surface area contributed by atoms with Gasteiger partial charge < -0.3 is 24.8 Å². The summed E-state index contributed by atoms with van der Waals surface area (Å²) in [7, 11) is 0. The molecule has 7 nitrogen and oxygen atoms in total. The van der Waals surface area contributed by atoms with Gasteiger partial charge >= 0.3 is 0 Å². The van der Waals surface area contributed by atoms with E-state index in [0.717, 1.165) is 31.2 Å². The number of benzene rings is 1. The van der Waals surface area contributed by atoms with E-state index in [1.165, 1.54) is 0 Å².